The molecule has 4 nitrogen and oxygen atoms in total. The summed E-state index contributed by atoms with van der Waals surface area (Å²) in [6, 6.07) is 11.9. The molecule has 0 fully saturated rings. The molecule has 3 rings (SSSR count). The third-order valence-electron chi connectivity index (χ3n) is 3.95. The predicted molar refractivity (Wildman–Crippen MR) is 83.0 cm³/mol. The van der Waals surface area contributed by atoms with Crippen molar-refractivity contribution in [1.82, 2.24) is 10.3 Å². The van der Waals surface area contributed by atoms with Crippen molar-refractivity contribution in [2.24, 2.45) is 0 Å². The monoisotopic (exact) mass is 281 g/mol. The number of nitrogens with one attached hydrogen (secondary N) is 2. The normalized spacial score (nSPS) is 19.3. The summed E-state index contributed by atoms with van der Waals surface area (Å²) in [5, 5.41) is 6.44. The molecule has 1 amide bonds. The number of aryl methyl sites for hydroxylation is 1. The fourth-order valence-electron chi connectivity index (χ4n) is 2.72. The summed E-state index contributed by atoms with van der Waals surface area (Å²) in [6.07, 6.45) is 5.25. The number of benzene rings is 1. The van der Waals surface area contributed by atoms with Gasteiger partial charge < -0.3 is 5.32 Å². The molecule has 1 aromatic carbocycles. The summed E-state index contributed by atoms with van der Waals surface area (Å²) in [5.74, 6) is 0.0425. The van der Waals surface area contributed by atoms with Crippen molar-refractivity contribution in [3.63, 3.8) is 0 Å². The van der Waals surface area contributed by atoms with Gasteiger partial charge in [-0.3, -0.25) is 15.1 Å². The Hall–Kier alpha value is -2.20. The summed E-state index contributed by atoms with van der Waals surface area (Å²) >= 11 is 0. The minimum Gasteiger partial charge on any atom is -0.324 e. The van der Waals surface area contributed by atoms with Crippen LogP contribution in [0.3, 0.4) is 0 Å². The molecule has 2 aromatic rings. The quantitative estimate of drug-likeness (QED) is 0.909. The second-order valence-corrected chi connectivity index (χ2v) is 5.41. The molecule has 2 atom stereocenters. The number of nitrogens with zero attached hydrogens (tertiary/aromatic N) is 1. The molecular weight excluding hydrogens is 262 g/mol. The third kappa shape index (κ3) is 3.11. The first-order valence-corrected chi connectivity index (χ1v) is 7.29. The molecule has 0 saturated carbocycles. The van der Waals surface area contributed by atoms with Gasteiger partial charge in [0.2, 0.25) is 5.91 Å². The lowest BCUT2D eigenvalue weighted by atomic mass is 10.0. The molecule has 108 valence electrons. The predicted octanol–water partition coefficient (Wildman–Crippen LogP) is 2.69. The highest BCUT2D eigenvalue weighted by atomic mass is 16.2. The largest absolute Gasteiger partial charge is 0.324 e. The lowest BCUT2D eigenvalue weighted by molar-refractivity contribution is -0.118. The highest BCUT2D eigenvalue weighted by Crippen LogP contribution is 2.22. The minimum absolute atomic E-state index is 0.0425. The Bertz CT molecular complexity index is 627. The van der Waals surface area contributed by atoms with Crippen LogP contribution in [0.25, 0.3) is 0 Å². The smallest absolute Gasteiger partial charge is 0.241 e. The van der Waals surface area contributed by atoms with E-state index in [0.717, 1.165) is 24.1 Å². The van der Waals surface area contributed by atoms with Gasteiger partial charge in [0.15, 0.2) is 0 Å². The summed E-state index contributed by atoms with van der Waals surface area (Å²) < 4.78 is 0. The van der Waals surface area contributed by atoms with Crippen LogP contribution in [0, 0.1) is 0 Å². The highest BCUT2D eigenvalue weighted by Gasteiger charge is 2.24. The SMILES string of the molecule is C[C@@H](NC1CCc2ccccc2NC1=O)c1ccncc1. The molecule has 0 spiro atoms. The average Bonchev–Trinajstić information content (AvgIpc) is 2.67. The van der Waals surface area contributed by atoms with E-state index in [2.05, 4.69) is 28.6 Å². The number of amides is 1. The molecule has 21 heavy (non-hydrogen) atoms. The Morgan fingerprint density at radius 3 is 2.81 bits per heavy atom. The zero-order valence-corrected chi connectivity index (χ0v) is 12.0. The van der Waals surface area contributed by atoms with Crippen molar-refractivity contribution in [3.8, 4) is 0 Å². The Morgan fingerprint density at radius 1 is 1.24 bits per heavy atom. The van der Waals surface area contributed by atoms with E-state index in [9.17, 15) is 4.79 Å². The molecule has 1 aliphatic rings. The van der Waals surface area contributed by atoms with E-state index < -0.39 is 0 Å². The van der Waals surface area contributed by atoms with Crippen molar-refractivity contribution >= 4 is 11.6 Å². The van der Waals surface area contributed by atoms with E-state index in [4.69, 9.17) is 0 Å². The standard InChI is InChI=1S/C17H19N3O/c1-12(13-8-10-18-11-9-13)19-16-7-6-14-4-2-3-5-15(14)20-17(16)21/h2-5,8-12,16,19H,6-7H2,1H3,(H,20,21)/t12-,16?/m1/s1. The van der Waals surface area contributed by atoms with Crippen molar-refractivity contribution < 1.29 is 4.79 Å². The van der Waals surface area contributed by atoms with Crippen LogP contribution in [-0.2, 0) is 11.2 Å². The van der Waals surface area contributed by atoms with E-state index in [1.807, 2.05) is 30.3 Å². The highest BCUT2D eigenvalue weighted by molar-refractivity contribution is 5.96. The summed E-state index contributed by atoms with van der Waals surface area (Å²) in [5.41, 5.74) is 3.27. The second-order valence-electron chi connectivity index (χ2n) is 5.41. The summed E-state index contributed by atoms with van der Waals surface area (Å²) in [7, 11) is 0. The Kier molecular flexibility index (Phi) is 3.97. The maximum absolute atomic E-state index is 12.4. The number of fused-ring (bicyclic) bond motifs is 1. The first kappa shape index (κ1) is 13.8. The number of rotatable bonds is 3. The van der Waals surface area contributed by atoms with E-state index >= 15 is 0 Å². The van der Waals surface area contributed by atoms with Crippen molar-refractivity contribution in [3.05, 3.63) is 59.9 Å². The first-order valence-electron chi connectivity index (χ1n) is 7.29. The minimum atomic E-state index is -0.180. The Labute approximate surface area is 124 Å². The van der Waals surface area contributed by atoms with Gasteiger partial charge in [-0.1, -0.05) is 18.2 Å². The maximum atomic E-state index is 12.4. The van der Waals surface area contributed by atoms with Gasteiger partial charge in [0, 0.05) is 24.1 Å². The van der Waals surface area contributed by atoms with Gasteiger partial charge >= 0.3 is 0 Å². The van der Waals surface area contributed by atoms with Crippen LogP contribution in [0.2, 0.25) is 0 Å². The van der Waals surface area contributed by atoms with Crippen LogP contribution in [0.1, 0.15) is 30.5 Å². The van der Waals surface area contributed by atoms with Gasteiger partial charge in [-0.05, 0) is 49.1 Å². The number of carbonyl (C=O) groups excluding carboxylic acids is 1. The molecule has 1 unspecified atom stereocenters. The van der Waals surface area contributed by atoms with Gasteiger partial charge in [-0.15, -0.1) is 0 Å². The number of pyridine rings is 1. The van der Waals surface area contributed by atoms with Crippen LogP contribution in [0.5, 0.6) is 0 Å². The number of carbonyl (C=O) groups is 1. The zero-order chi connectivity index (χ0) is 14.7. The van der Waals surface area contributed by atoms with Crippen LogP contribution in [-0.4, -0.2) is 16.9 Å². The Balaban J connectivity index is 1.71. The summed E-state index contributed by atoms with van der Waals surface area (Å²) in [6.45, 7) is 2.07. The van der Waals surface area contributed by atoms with E-state index in [1.54, 1.807) is 12.4 Å². The number of para-hydroxylation sites is 1. The molecule has 0 bridgehead atoms. The van der Waals surface area contributed by atoms with E-state index in [-0.39, 0.29) is 18.0 Å². The molecule has 1 aliphatic heterocycles. The molecule has 0 radical (unpaired) electrons. The topological polar surface area (TPSA) is 54.0 Å². The van der Waals surface area contributed by atoms with Crippen LogP contribution < -0.4 is 10.6 Å². The van der Waals surface area contributed by atoms with Gasteiger partial charge in [0.25, 0.3) is 0 Å². The first-order chi connectivity index (χ1) is 10.2. The van der Waals surface area contributed by atoms with E-state index in [0.29, 0.717) is 0 Å². The van der Waals surface area contributed by atoms with Gasteiger partial charge in [-0.2, -0.15) is 0 Å². The second kappa shape index (κ2) is 6.06. The number of aromatic nitrogens is 1. The molecule has 2 N–H and O–H groups in total. The van der Waals surface area contributed by atoms with Crippen molar-refractivity contribution in [2.75, 3.05) is 5.32 Å². The van der Waals surface area contributed by atoms with Gasteiger partial charge in [-0.25, -0.2) is 0 Å². The van der Waals surface area contributed by atoms with Crippen molar-refractivity contribution in [2.45, 2.75) is 31.8 Å². The van der Waals surface area contributed by atoms with Gasteiger partial charge in [0.05, 0.1) is 6.04 Å². The number of hydrogen-bond acceptors (Lipinski definition) is 3. The lowest BCUT2D eigenvalue weighted by Crippen LogP contribution is -2.41. The molecule has 1 aromatic heterocycles. The van der Waals surface area contributed by atoms with Crippen LogP contribution in [0.4, 0.5) is 5.69 Å². The van der Waals surface area contributed by atoms with Crippen LogP contribution in [0.15, 0.2) is 48.8 Å². The fraction of sp³-hybridized carbons (Fsp3) is 0.294. The fourth-order valence-corrected chi connectivity index (χ4v) is 2.72. The zero-order valence-electron chi connectivity index (χ0n) is 12.0. The molecule has 0 aliphatic carbocycles. The maximum Gasteiger partial charge on any atom is 0.241 e. The average molecular weight is 281 g/mol. The molecule has 2 heterocycles. The number of anilines is 1. The third-order valence-corrected chi connectivity index (χ3v) is 3.95. The number of hydrogen-bond donors (Lipinski definition) is 2. The Morgan fingerprint density at radius 2 is 2.00 bits per heavy atom. The molecule has 4 heteroatoms. The van der Waals surface area contributed by atoms with Crippen molar-refractivity contribution in [1.29, 1.82) is 0 Å². The lowest BCUT2D eigenvalue weighted by Gasteiger charge is -2.21. The van der Waals surface area contributed by atoms with Gasteiger partial charge in [0.1, 0.15) is 0 Å². The van der Waals surface area contributed by atoms with Crippen LogP contribution >= 0.6 is 0 Å². The molecular formula is C17H19N3O. The molecule has 0 saturated heterocycles. The van der Waals surface area contributed by atoms with E-state index in [1.165, 1.54) is 5.56 Å². The summed E-state index contributed by atoms with van der Waals surface area (Å²) in [4.78, 5) is 16.4.